The Kier molecular flexibility index (Phi) is 9.21. The molecule has 2 aliphatic carbocycles. The van der Waals surface area contributed by atoms with Crippen molar-refractivity contribution in [1.82, 2.24) is 0 Å². The van der Waals surface area contributed by atoms with Gasteiger partial charge < -0.3 is 4.79 Å². The maximum atomic E-state index is 13.2. The minimum Gasteiger partial charge on any atom is -0.309 e. The Labute approximate surface area is 186 Å². The molecular formula is C24H46O4SSi. The Morgan fingerprint density at radius 1 is 0.900 bits per heavy atom. The molecule has 0 heterocycles. The molecule has 6 unspecified atom stereocenters. The van der Waals surface area contributed by atoms with Crippen LogP contribution in [0.2, 0.25) is 17.1 Å². The highest BCUT2D eigenvalue weighted by atomic mass is 32.2. The number of carbonyl (C=O) groups is 1. The van der Waals surface area contributed by atoms with E-state index in [0.717, 1.165) is 18.9 Å². The molecule has 2 fully saturated rings. The summed E-state index contributed by atoms with van der Waals surface area (Å²) < 4.78 is 32.4. The van der Waals surface area contributed by atoms with Gasteiger partial charge in [0.05, 0.1) is 5.75 Å². The first-order chi connectivity index (χ1) is 13.9. The van der Waals surface area contributed by atoms with Crippen molar-refractivity contribution in [2.75, 3.05) is 5.75 Å². The lowest BCUT2D eigenvalue weighted by Crippen LogP contribution is -2.55. The molecule has 0 amide bonds. The molecule has 176 valence electrons. The molecule has 30 heavy (non-hydrogen) atoms. The zero-order valence-electron chi connectivity index (χ0n) is 20.1. The lowest BCUT2D eigenvalue weighted by atomic mass is 9.76. The van der Waals surface area contributed by atoms with Crippen molar-refractivity contribution >= 4 is 24.1 Å². The number of carbonyl (C=O) groups excluding carboxylic acids is 1. The second kappa shape index (κ2) is 10.6. The van der Waals surface area contributed by atoms with Crippen molar-refractivity contribution in [3.05, 3.63) is 0 Å². The molecule has 0 aromatic carbocycles. The third-order valence-corrected chi connectivity index (χ3v) is 15.2. The van der Waals surface area contributed by atoms with E-state index in [1.807, 2.05) is 0 Å². The monoisotopic (exact) mass is 458 g/mol. The molecule has 1 N–H and O–H groups in total. The van der Waals surface area contributed by atoms with Crippen molar-refractivity contribution in [3.63, 3.8) is 0 Å². The lowest BCUT2D eigenvalue weighted by Gasteiger charge is -2.53. The van der Waals surface area contributed by atoms with E-state index in [-0.39, 0.29) is 5.75 Å². The van der Waals surface area contributed by atoms with Crippen molar-refractivity contribution in [2.45, 2.75) is 104 Å². The highest BCUT2D eigenvalue weighted by Gasteiger charge is 2.55. The molecular weight excluding hydrogens is 412 g/mol. The fraction of sp³-hybridized carbons (Fsp3) is 0.958. The molecule has 0 aromatic heterocycles. The van der Waals surface area contributed by atoms with Gasteiger partial charge in [-0.3, -0.25) is 4.55 Å². The average molecular weight is 459 g/mol. The van der Waals surface area contributed by atoms with Crippen molar-refractivity contribution in [3.8, 4) is 0 Å². The maximum absolute atomic E-state index is 13.2. The van der Waals surface area contributed by atoms with E-state index < -0.39 is 18.2 Å². The summed E-state index contributed by atoms with van der Waals surface area (Å²) in [7, 11) is -6.45. The van der Waals surface area contributed by atoms with Crippen LogP contribution in [0.4, 0.5) is 0 Å². The topological polar surface area (TPSA) is 71.4 Å². The van der Waals surface area contributed by atoms with Crippen LogP contribution in [-0.4, -0.2) is 32.7 Å². The Bertz CT molecular complexity index is 628. The van der Waals surface area contributed by atoms with Gasteiger partial charge in [-0.25, -0.2) is 0 Å². The lowest BCUT2D eigenvalue weighted by molar-refractivity contribution is 0.204. The summed E-state index contributed by atoms with van der Waals surface area (Å²) in [6, 6.07) is 0.720. The summed E-state index contributed by atoms with van der Waals surface area (Å²) in [5.41, 5.74) is 0.883. The van der Waals surface area contributed by atoms with Crippen molar-refractivity contribution in [1.29, 1.82) is 0 Å². The third kappa shape index (κ3) is 6.19. The van der Waals surface area contributed by atoms with Gasteiger partial charge in [0.1, 0.15) is 14.0 Å². The standard InChI is InChI=1S/C24H46O4SSi/c1-17(2)21-10-8-19(5)14-23(21)30(16-25,13-7-12-29(26,27)28)24-15-20(6)9-11-22(24)18(3)4/h16-24H,7-15H2,1-6H3,(H,26,27,28). The predicted molar refractivity (Wildman–Crippen MR) is 129 cm³/mol. The summed E-state index contributed by atoms with van der Waals surface area (Å²) in [5, 5.41) is 0. The van der Waals surface area contributed by atoms with Crippen LogP contribution in [0, 0.1) is 35.5 Å². The highest BCUT2D eigenvalue weighted by molar-refractivity contribution is 7.85. The summed E-state index contributed by atoms with van der Waals surface area (Å²) in [4.78, 5) is 13.2. The van der Waals surface area contributed by atoms with Crippen molar-refractivity contribution in [2.24, 2.45) is 35.5 Å². The zero-order chi connectivity index (χ0) is 22.7. The van der Waals surface area contributed by atoms with Gasteiger partial charge in [-0.15, -0.1) is 0 Å². The van der Waals surface area contributed by atoms with E-state index in [1.165, 1.54) is 31.6 Å². The molecule has 0 bridgehead atoms. The minimum absolute atomic E-state index is 0.209. The predicted octanol–water partition coefficient (Wildman–Crippen LogP) is 6.41. The summed E-state index contributed by atoms with van der Waals surface area (Å²) in [6.45, 7) is 13.9. The first-order valence-corrected chi connectivity index (χ1v) is 16.4. The first kappa shape index (κ1) is 26.1. The largest absolute Gasteiger partial charge is 0.309 e. The first-order valence-electron chi connectivity index (χ1n) is 12.3. The van der Waals surface area contributed by atoms with E-state index in [9.17, 15) is 17.8 Å². The van der Waals surface area contributed by atoms with Crippen LogP contribution < -0.4 is 0 Å². The van der Waals surface area contributed by atoms with E-state index in [2.05, 4.69) is 41.5 Å². The molecule has 0 aliphatic heterocycles. The number of rotatable bonds is 9. The summed E-state index contributed by atoms with van der Waals surface area (Å²) in [6.07, 6.45) is 7.53. The molecule has 2 rings (SSSR count). The van der Waals surface area contributed by atoms with E-state index in [4.69, 9.17) is 0 Å². The van der Waals surface area contributed by atoms with Gasteiger partial charge in [-0.2, -0.15) is 8.42 Å². The molecule has 2 aliphatic rings. The molecule has 0 spiro atoms. The molecule has 6 heteroatoms. The second-order valence-corrected chi connectivity index (χ2v) is 17.5. The fourth-order valence-electron chi connectivity index (χ4n) is 7.08. The molecule has 6 atom stereocenters. The molecule has 0 radical (unpaired) electrons. The Morgan fingerprint density at radius 3 is 1.67 bits per heavy atom. The fourth-order valence-corrected chi connectivity index (χ4v) is 14.8. The Balaban J connectivity index is 2.51. The van der Waals surface area contributed by atoms with E-state index in [1.54, 1.807) is 0 Å². The normalized spacial score (nSPS) is 35.4. The van der Waals surface area contributed by atoms with Crippen LogP contribution in [0.3, 0.4) is 0 Å². The van der Waals surface area contributed by atoms with Crippen molar-refractivity contribution < 1.29 is 17.8 Å². The van der Waals surface area contributed by atoms with Gasteiger partial charge in [0.2, 0.25) is 0 Å². The average Bonchev–Trinajstić information content (AvgIpc) is 2.64. The van der Waals surface area contributed by atoms with E-state index >= 15 is 0 Å². The minimum atomic E-state index is -3.99. The third-order valence-electron chi connectivity index (χ3n) is 8.66. The second-order valence-electron chi connectivity index (χ2n) is 11.5. The van der Waals surface area contributed by atoms with Crippen LogP contribution in [0.5, 0.6) is 0 Å². The SMILES string of the molecule is CC1CCC(C(C)C)C([Si](C=O)(CCCS(=O)(=O)O)C2CC(C)CCC2C(C)C)C1. The zero-order valence-corrected chi connectivity index (χ0v) is 22.0. The molecule has 4 nitrogen and oxygen atoms in total. The number of hydrogen-bond donors (Lipinski definition) is 1. The number of hydrogen-bond acceptors (Lipinski definition) is 3. The Hall–Kier alpha value is -0.203. The molecule has 2 saturated carbocycles. The highest BCUT2D eigenvalue weighted by Crippen LogP contribution is 2.57. The van der Waals surface area contributed by atoms with Gasteiger partial charge in [-0.05, 0) is 84.7 Å². The maximum Gasteiger partial charge on any atom is 0.264 e. The van der Waals surface area contributed by atoms with Gasteiger partial charge in [0.15, 0.2) is 0 Å². The molecule has 0 saturated heterocycles. The summed E-state index contributed by atoms with van der Waals surface area (Å²) >= 11 is 0. The van der Waals surface area contributed by atoms with Gasteiger partial charge in [0.25, 0.3) is 10.1 Å². The van der Waals surface area contributed by atoms with Gasteiger partial charge in [-0.1, -0.05) is 54.4 Å². The quantitative estimate of drug-likeness (QED) is 0.246. The van der Waals surface area contributed by atoms with Crippen LogP contribution in [0.1, 0.15) is 86.5 Å². The Morgan fingerprint density at radius 2 is 1.33 bits per heavy atom. The smallest absolute Gasteiger partial charge is 0.264 e. The van der Waals surface area contributed by atoms with E-state index in [0.29, 0.717) is 53.0 Å². The van der Waals surface area contributed by atoms with Crippen LogP contribution in [0.25, 0.3) is 0 Å². The van der Waals surface area contributed by atoms with Gasteiger partial charge >= 0.3 is 0 Å². The van der Waals surface area contributed by atoms with Gasteiger partial charge in [0, 0.05) is 0 Å². The van der Waals surface area contributed by atoms with Crippen LogP contribution in [-0.2, 0) is 14.9 Å². The van der Waals surface area contributed by atoms with Crippen LogP contribution >= 0.6 is 0 Å². The van der Waals surface area contributed by atoms with Crippen LogP contribution in [0.15, 0.2) is 0 Å². The molecule has 0 aromatic rings. The summed E-state index contributed by atoms with van der Waals surface area (Å²) in [5.74, 6) is 4.69.